The van der Waals surface area contributed by atoms with Gasteiger partial charge < -0.3 is 18.9 Å². The van der Waals surface area contributed by atoms with Crippen molar-refractivity contribution in [3.63, 3.8) is 0 Å². The minimum absolute atomic E-state index is 0.302. The van der Waals surface area contributed by atoms with Gasteiger partial charge in [-0.05, 0) is 36.4 Å². The molecule has 5 aromatic rings. The quantitative estimate of drug-likeness (QED) is 0.434. The second-order valence-corrected chi connectivity index (χ2v) is 6.51. The Hall–Kier alpha value is -3.87. The van der Waals surface area contributed by atoms with Gasteiger partial charge >= 0.3 is 0 Å². The summed E-state index contributed by atoms with van der Waals surface area (Å²) in [7, 11) is 1.62. The van der Waals surface area contributed by atoms with Crippen LogP contribution < -0.4 is 10.1 Å². The summed E-state index contributed by atoms with van der Waals surface area (Å²) in [6.45, 7) is 0.302. The SMILES string of the molecule is COc1cc2c(cc1NCc1nnc(-c3ccc(F)cc3)o1)oc1ccccc12. The maximum absolute atomic E-state index is 13.1. The van der Waals surface area contributed by atoms with Gasteiger partial charge in [-0.2, -0.15) is 0 Å². The van der Waals surface area contributed by atoms with E-state index < -0.39 is 0 Å². The number of anilines is 1. The first-order valence-electron chi connectivity index (χ1n) is 9.03. The summed E-state index contributed by atoms with van der Waals surface area (Å²) in [5, 5.41) is 13.3. The van der Waals surface area contributed by atoms with Crippen LogP contribution in [-0.4, -0.2) is 17.3 Å². The number of hydrogen-bond donors (Lipinski definition) is 1. The highest BCUT2D eigenvalue weighted by Crippen LogP contribution is 2.36. The molecule has 144 valence electrons. The van der Waals surface area contributed by atoms with E-state index >= 15 is 0 Å². The van der Waals surface area contributed by atoms with E-state index in [1.807, 2.05) is 36.4 Å². The van der Waals surface area contributed by atoms with Crippen LogP contribution in [0, 0.1) is 5.82 Å². The number of ether oxygens (including phenoxy) is 1. The minimum atomic E-state index is -0.316. The van der Waals surface area contributed by atoms with E-state index in [9.17, 15) is 4.39 Å². The fourth-order valence-electron chi connectivity index (χ4n) is 3.26. The summed E-state index contributed by atoms with van der Waals surface area (Å²) in [5.41, 5.74) is 2.99. The molecule has 7 heteroatoms. The number of para-hydroxylation sites is 1. The van der Waals surface area contributed by atoms with Crippen molar-refractivity contribution in [1.82, 2.24) is 10.2 Å². The Labute approximate surface area is 164 Å². The highest BCUT2D eigenvalue weighted by Gasteiger charge is 2.14. The topological polar surface area (TPSA) is 73.3 Å². The van der Waals surface area contributed by atoms with Crippen molar-refractivity contribution in [2.45, 2.75) is 6.54 Å². The van der Waals surface area contributed by atoms with Gasteiger partial charge in [0.25, 0.3) is 0 Å². The second kappa shape index (κ2) is 6.94. The third-order valence-corrected chi connectivity index (χ3v) is 4.69. The van der Waals surface area contributed by atoms with Crippen LogP contribution in [0.25, 0.3) is 33.4 Å². The number of nitrogens with zero attached hydrogens (tertiary/aromatic N) is 2. The van der Waals surface area contributed by atoms with Crippen LogP contribution in [0.4, 0.5) is 10.1 Å². The Balaban J connectivity index is 1.41. The lowest BCUT2D eigenvalue weighted by molar-refractivity contribution is 0.416. The summed E-state index contributed by atoms with van der Waals surface area (Å²) in [5.74, 6) is 1.10. The first-order valence-corrected chi connectivity index (χ1v) is 9.03. The predicted molar refractivity (Wildman–Crippen MR) is 107 cm³/mol. The Bertz CT molecular complexity index is 1310. The molecule has 0 aliphatic carbocycles. The maximum atomic E-state index is 13.1. The average molecular weight is 389 g/mol. The Morgan fingerprint density at radius 3 is 2.59 bits per heavy atom. The van der Waals surface area contributed by atoms with Gasteiger partial charge in [-0.15, -0.1) is 10.2 Å². The first-order chi connectivity index (χ1) is 14.2. The molecule has 0 fully saturated rings. The Morgan fingerprint density at radius 2 is 1.76 bits per heavy atom. The van der Waals surface area contributed by atoms with Gasteiger partial charge in [-0.1, -0.05) is 18.2 Å². The molecule has 0 bridgehead atoms. The number of nitrogens with one attached hydrogen (secondary N) is 1. The lowest BCUT2D eigenvalue weighted by atomic mass is 10.1. The fraction of sp³-hybridized carbons (Fsp3) is 0.0909. The number of rotatable bonds is 5. The molecule has 1 N–H and O–H groups in total. The smallest absolute Gasteiger partial charge is 0.247 e. The minimum Gasteiger partial charge on any atom is -0.495 e. The summed E-state index contributed by atoms with van der Waals surface area (Å²) in [6.07, 6.45) is 0. The lowest BCUT2D eigenvalue weighted by Gasteiger charge is -2.09. The lowest BCUT2D eigenvalue weighted by Crippen LogP contribution is -2.01. The van der Waals surface area contributed by atoms with Crippen LogP contribution in [0.1, 0.15) is 5.89 Å². The summed E-state index contributed by atoms with van der Waals surface area (Å²) >= 11 is 0. The van der Waals surface area contributed by atoms with Gasteiger partial charge in [0, 0.05) is 22.4 Å². The highest BCUT2D eigenvalue weighted by molar-refractivity contribution is 6.06. The molecule has 0 aliphatic rings. The predicted octanol–water partition coefficient (Wildman–Crippen LogP) is 5.40. The molecule has 0 unspecified atom stereocenters. The van der Waals surface area contributed by atoms with E-state index in [1.54, 1.807) is 19.2 Å². The summed E-state index contributed by atoms with van der Waals surface area (Å²) in [6, 6.07) is 17.6. The molecular weight excluding hydrogens is 373 g/mol. The number of benzene rings is 3. The van der Waals surface area contributed by atoms with Crippen molar-refractivity contribution in [2.24, 2.45) is 0 Å². The molecule has 3 aromatic carbocycles. The third-order valence-electron chi connectivity index (χ3n) is 4.69. The van der Waals surface area contributed by atoms with Crippen LogP contribution >= 0.6 is 0 Å². The van der Waals surface area contributed by atoms with Crippen LogP contribution in [0.2, 0.25) is 0 Å². The number of halogens is 1. The molecule has 0 aliphatic heterocycles. The fourth-order valence-corrected chi connectivity index (χ4v) is 3.26. The van der Waals surface area contributed by atoms with Crippen molar-refractivity contribution < 1.29 is 18.0 Å². The standard InChI is InChI=1S/C22H16FN3O3/c1-27-20-10-16-15-4-2-3-5-18(15)28-19(16)11-17(20)24-12-21-25-26-22(29-21)13-6-8-14(23)9-7-13/h2-11,24H,12H2,1H3. The van der Waals surface area contributed by atoms with Crippen molar-refractivity contribution in [3.05, 3.63) is 72.4 Å². The average Bonchev–Trinajstić information content (AvgIpc) is 3.36. The summed E-state index contributed by atoms with van der Waals surface area (Å²) in [4.78, 5) is 0. The largest absolute Gasteiger partial charge is 0.495 e. The molecule has 0 saturated carbocycles. The van der Waals surface area contributed by atoms with E-state index in [4.69, 9.17) is 13.6 Å². The van der Waals surface area contributed by atoms with Crippen molar-refractivity contribution in [2.75, 3.05) is 12.4 Å². The molecule has 0 spiro atoms. The molecule has 2 aromatic heterocycles. The van der Waals surface area contributed by atoms with Crippen LogP contribution in [0.3, 0.4) is 0 Å². The van der Waals surface area contributed by atoms with Gasteiger partial charge in [-0.3, -0.25) is 0 Å². The zero-order valence-electron chi connectivity index (χ0n) is 15.5. The summed E-state index contributed by atoms with van der Waals surface area (Å²) < 4.78 is 30.2. The number of fused-ring (bicyclic) bond motifs is 3. The molecule has 6 nitrogen and oxygen atoms in total. The Morgan fingerprint density at radius 1 is 0.931 bits per heavy atom. The van der Waals surface area contributed by atoms with Crippen molar-refractivity contribution in [1.29, 1.82) is 0 Å². The number of hydrogen-bond acceptors (Lipinski definition) is 6. The third kappa shape index (κ3) is 3.16. The molecule has 0 radical (unpaired) electrons. The molecular formula is C22H16FN3O3. The van der Waals surface area contributed by atoms with E-state index in [-0.39, 0.29) is 5.82 Å². The van der Waals surface area contributed by atoms with E-state index in [1.165, 1.54) is 12.1 Å². The normalized spacial score (nSPS) is 11.2. The second-order valence-electron chi connectivity index (χ2n) is 6.51. The molecule has 5 rings (SSSR count). The van der Waals surface area contributed by atoms with Crippen LogP contribution in [-0.2, 0) is 6.54 Å². The molecule has 2 heterocycles. The number of furan rings is 1. The molecule has 0 atom stereocenters. The maximum Gasteiger partial charge on any atom is 0.247 e. The van der Waals surface area contributed by atoms with E-state index in [0.717, 1.165) is 27.6 Å². The zero-order valence-corrected chi connectivity index (χ0v) is 15.5. The Kier molecular flexibility index (Phi) is 4.13. The van der Waals surface area contributed by atoms with Crippen LogP contribution in [0.15, 0.2) is 69.5 Å². The number of methoxy groups -OCH3 is 1. The van der Waals surface area contributed by atoms with Crippen molar-refractivity contribution in [3.8, 4) is 17.2 Å². The van der Waals surface area contributed by atoms with Gasteiger partial charge in [0.15, 0.2) is 0 Å². The van der Waals surface area contributed by atoms with Crippen LogP contribution in [0.5, 0.6) is 5.75 Å². The molecule has 29 heavy (non-hydrogen) atoms. The van der Waals surface area contributed by atoms with Gasteiger partial charge in [0.2, 0.25) is 11.8 Å². The highest BCUT2D eigenvalue weighted by atomic mass is 19.1. The molecule has 0 amide bonds. The van der Waals surface area contributed by atoms with E-state index in [0.29, 0.717) is 29.6 Å². The van der Waals surface area contributed by atoms with Gasteiger partial charge in [-0.25, -0.2) is 4.39 Å². The first kappa shape index (κ1) is 17.2. The van der Waals surface area contributed by atoms with Crippen molar-refractivity contribution >= 4 is 27.6 Å². The monoisotopic (exact) mass is 389 g/mol. The van der Waals surface area contributed by atoms with E-state index in [2.05, 4.69) is 15.5 Å². The van der Waals surface area contributed by atoms with Gasteiger partial charge in [0.1, 0.15) is 22.7 Å². The number of aromatic nitrogens is 2. The van der Waals surface area contributed by atoms with Gasteiger partial charge in [0.05, 0.1) is 19.3 Å². The molecule has 0 saturated heterocycles. The zero-order chi connectivity index (χ0) is 19.8.